The number of nitrogens with zero attached hydrogens (tertiary/aromatic N) is 3. The largest absolute Gasteiger partial charge is 0.358 e. The minimum Gasteiger partial charge on any atom is -0.358 e. The molecule has 2 aromatic rings. The van der Waals surface area contributed by atoms with Crippen LogP contribution in [-0.2, 0) is 4.79 Å². The van der Waals surface area contributed by atoms with Crippen LogP contribution in [0, 0.1) is 0 Å². The number of fused-ring (bicyclic) bond motifs is 1. The maximum atomic E-state index is 12.0. The lowest BCUT2D eigenvalue weighted by Gasteiger charge is -2.27. The fourth-order valence-electron chi connectivity index (χ4n) is 2.37. The van der Waals surface area contributed by atoms with Gasteiger partial charge in [-0.3, -0.25) is 8.77 Å². The molecule has 0 bridgehead atoms. The summed E-state index contributed by atoms with van der Waals surface area (Å²) < 4.78 is 1.96. The SMILES string of the molecule is CC.CC1CC[C@@H](Nc2ncnc3c2ccn3SI)C(=O)N1. The first-order valence-corrected chi connectivity index (χ1v) is 10.7. The molecule has 1 fully saturated rings. The Bertz CT molecular complexity index is 647. The molecular formula is C14H20IN5OS. The molecular weight excluding hydrogens is 413 g/mol. The molecule has 0 radical (unpaired) electrons. The Morgan fingerprint density at radius 3 is 2.86 bits per heavy atom. The van der Waals surface area contributed by atoms with Crippen LogP contribution >= 0.6 is 30.3 Å². The summed E-state index contributed by atoms with van der Waals surface area (Å²) in [5.74, 6) is 0.757. The van der Waals surface area contributed by atoms with Crippen molar-refractivity contribution >= 4 is 53.1 Å². The number of carbonyl (C=O) groups is 1. The summed E-state index contributed by atoms with van der Waals surface area (Å²) in [4.78, 5) is 20.5. The van der Waals surface area contributed by atoms with Gasteiger partial charge in [-0.25, -0.2) is 9.97 Å². The first kappa shape index (κ1) is 17.3. The molecule has 0 aliphatic carbocycles. The van der Waals surface area contributed by atoms with E-state index in [9.17, 15) is 4.79 Å². The van der Waals surface area contributed by atoms with E-state index in [1.165, 1.54) is 6.33 Å². The van der Waals surface area contributed by atoms with E-state index in [2.05, 4.69) is 41.8 Å². The number of aromatic nitrogens is 3. The number of hydrogen-bond donors (Lipinski definition) is 2. The summed E-state index contributed by atoms with van der Waals surface area (Å²) in [5.41, 5.74) is 0.853. The van der Waals surface area contributed by atoms with Crippen molar-refractivity contribution in [1.29, 1.82) is 0 Å². The molecule has 1 amide bonds. The number of anilines is 1. The van der Waals surface area contributed by atoms with Crippen molar-refractivity contribution in [2.24, 2.45) is 0 Å². The molecule has 8 heteroatoms. The van der Waals surface area contributed by atoms with Gasteiger partial charge in [0.2, 0.25) is 5.91 Å². The van der Waals surface area contributed by atoms with Gasteiger partial charge < -0.3 is 10.6 Å². The summed E-state index contributed by atoms with van der Waals surface area (Å²) >= 11 is 2.21. The van der Waals surface area contributed by atoms with E-state index in [-0.39, 0.29) is 18.0 Å². The monoisotopic (exact) mass is 433 g/mol. The normalized spacial score (nSPS) is 21.0. The summed E-state index contributed by atoms with van der Waals surface area (Å²) in [5, 5.41) is 7.14. The van der Waals surface area contributed by atoms with Gasteiger partial charge in [0.05, 0.1) is 5.39 Å². The van der Waals surface area contributed by atoms with E-state index in [1.807, 2.05) is 37.0 Å². The molecule has 1 aliphatic heterocycles. The second kappa shape index (κ2) is 8.00. The number of carbonyl (C=O) groups excluding carboxylic acids is 1. The van der Waals surface area contributed by atoms with Gasteiger partial charge >= 0.3 is 0 Å². The molecule has 22 heavy (non-hydrogen) atoms. The summed E-state index contributed by atoms with van der Waals surface area (Å²) in [7, 11) is 1.55. The molecule has 2 aromatic heterocycles. The van der Waals surface area contributed by atoms with Crippen LogP contribution in [0.15, 0.2) is 18.6 Å². The summed E-state index contributed by atoms with van der Waals surface area (Å²) in [6.07, 6.45) is 5.27. The van der Waals surface area contributed by atoms with E-state index in [4.69, 9.17) is 0 Å². The van der Waals surface area contributed by atoms with Crippen LogP contribution < -0.4 is 10.6 Å². The van der Waals surface area contributed by atoms with E-state index in [1.54, 1.807) is 9.12 Å². The molecule has 1 unspecified atom stereocenters. The van der Waals surface area contributed by atoms with Gasteiger partial charge in [0.25, 0.3) is 0 Å². The highest BCUT2D eigenvalue weighted by Crippen LogP contribution is 2.27. The molecule has 3 heterocycles. The lowest BCUT2D eigenvalue weighted by Crippen LogP contribution is -2.48. The van der Waals surface area contributed by atoms with Crippen molar-refractivity contribution in [2.75, 3.05) is 5.32 Å². The lowest BCUT2D eigenvalue weighted by atomic mass is 10.0. The fraction of sp³-hybridized carbons (Fsp3) is 0.500. The van der Waals surface area contributed by atoms with Crippen LogP contribution in [0.1, 0.15) is 33.6 Å². The van der Waals surface area contributed by atoms with Gasteiger partial charge in [-0.2, -0.15) is 0 Å². The maximum absolute atomic E-state index is 12.0. The molecule has 2 N–H and O–H groups in total. The quantitative estimate of drug-likeness (QED) is 0.727. The molecule has 0 spiro atoms. The Morgan fingerprint density at radius 1 is 1.41 bits per heavy atom. The van der Waals surface area contributed by atoms with Crippen LogP contribution in [0.4, 0.5) is 5.82 Å². The van der Waals surface area contributed by atoms with Crippen LogP contribution in [0.3, 0.4) is 0 Å². The Hall–Kier alpha value is -1.03. The van der Waals surface area contributed by atoms with Crippen molar-refractivity contribution in [3.8, 4) is 0 Å². The Kier molecular flexibility index (Phi) is 6.30. The van der Waals surface area contributed by atoms with Crippen LogP contribution in [0.5, 0.6) is 0 Å². The average Bonchev–Trinajstić information content (AvgIpc) is 2.96. The zero-order valence-corrected chi connectivity index (χ0v) is 15.8. The number of nitrogens with one attached hydrogen (secondary N) is 2. The van der Waals surface area contributed by atoms with Crippen molar-refractivity contribution < 1.29 is 4.79 Å². The van der Waals surface area contributed by atoms with Gasteiger partial charge in [0, 0.05) is 42.6 Å². The Labute approximate surface area is 146 Å². The first-order valence-electron chi connectivity index (χ1n) is 7.37. The third kappa shape index (κ3) is 3.65. The average molecular weight is 433 g/mol. The first-order chi connectivity index (χ1) is 10.7. The Morgan fingerprint density at radius 2 is 2.18 bits per heavy atom. The van der Waals surface area contributed by atoms with E-state index in [0.717, 1.165) is 23.9 Å². The number of rotatable bonds is 3. The number of hydrogen-bond acceptors (Lipinski definition) is 5. The highest BCUT2D eigenvalue weighted by Gasteiger charge is 2.26. The van der Waals surface area contributed by atoms with Crippen molar-refractivity contribution in [2.45, 2.75) is 45.7 Å². The van der Waals surface area contributed by atoms with Gasteiger partial charge in [-0.15, -0.1) is 0 Å². The van der Waals surface area contributed by atoms with Gasteiger partial charge in [-0.1, -0.05) is 13.8 Å². The molecule has 1 aliphatic rings. The van der Waals surface area contributed by atoms with Gasteiger partial charge in [0.1, 0.15) is 18.2 Å². The third-order valence-electron chi connectivity index (χ3n) is 3.43. The van der Waals surface area contributed by atoms with Gasteiger partial charge in [0.15, 0.2) is 5.65 Å². The molecule has 3 rings (SSSR count). The second-order valence-corrected chi connectivity index (χ2v) is 6.57. The molecule has 0 aromatic carbocycles. The van der Waals surface area contributed by atoms with Crippen LogP contribution in [0.2, 0.25) is 0 Å². The lowest BCUT2D eigenvalue weighted by molar-refractivity contribution is -0.123. The van der Waals surface area contributed by atoms with E-state index >= 15 is 0 Å². The van der Waals surface area contributed by atoms with Crippen LogP contribution in [0.25, 0.3) is 11.0 Å². The highest BCUT2D eigenvalue weighted by molar-refractivity contribution is 14.2. The summed E-state index contributed by atoms with van der Waals surface area (Å²) in [6.45, 7) is 6.02. The van der Waals surface area contributed by atoms with Crippen LogP contribution in [-0.4, -0.2) is 31.9 Å². The molecule has 120 valence electrons. The number of amides is 1. The third-order valence-corrected chi connectivity index (χ3v) is 5.14. The highest BCUT2D eigenvalue weighted by atomic mass is 127. The van der Waals surface area contributed by atoms with E-state index < -0.39 is 0 Å². The van der Waals surface area contributed by atoms with Crippen molar-refractivity contribution in [3.63, 3.8) is 0 Å². The molecule has 1 saturated heterocycles. The number of piperidine rings is 1. The molecule has 6 nitrogen and oxygen atoms in total. The minimum absolute atomic E-state index is 0.0400. The van der Waals surface area contributed by atoms with E-state index in [0.29, 0.717) is 5.82 Å². The smallest absolute Gasteiger partial charge is 0.242 e. The molecule has 0 saturated carbocycles. The second-order valence-electron chi connectivity index (χ2n) is 4.85. The topological polar surface area (TPSA) is 71.8 Å². The van der Waals surface area contributed by atoms with Gasteiger partial charge in [-0.05, 0) is 25.8 Å². The zero-order chi connectivity index (χ0) is 16.1. The fourth-order valence-corrected chi connectivity index (χ4v) is 3.64. The minimum atomic E-state index is -0.222. The predicted octanol–water partition coefficient (Wildman–Crippen LogP) is 3.38. The van der Waals surface area contributed by atoms with Crippen molar-refractivity contribution in [3.05, 3.63) is 18.6 Å². The summed E-state index contributed by atoms with van der Waals surface area (Å²) in [6, 6.07) is 1.99. The number of halogens is 1. The molecule has 2 atom stereocenters. The zero-order valence-electron chi connectivity index (χ0n) is 12.8. The predicted molar refractivity (Wildman–Crippen MR) is 100 cm³/mol. The standard InChI is InChI=1S/C12H14IN5OS.C2H6/c1-7-2-3-9(12(19)16-7)17-10-8-4-5-18(20-13)11(8)15-6-14-10;1-2/h4-7,9H,2-3H2,1H3,(H,16,19)(H,14,15,17);1-2H3/t7?,9-;/m1./s1. The Balaban J connectivity index is 0.000000847. The van der Waals surface area contributed by atoms with Crippen molar-refractivity contribution in [1.82, 2.24) is 19.3 Å². The maximum Gasteiger partial charge on any atom is 0.242 e.